The lowest BCUT2D eigenvalue weighted by Gasteiger charge is -2.12. The van der Waals surface area contributed by atoms with Crippen LogP contribution < -0.4 is 11.3 Å². The third-order valence-corrected chi connectivity index (χ3v) is 3.09. The van der Waals surface area contributed by atoms with Gasteiger partial charge in [0.15, 0.2) is 0 Å². The van der Waals surface area contributed by atoms with Crippen LogP contribution in [0.3, 0.4) is 0 Å². The highest BCUT2D eigenvalue weighted by Crippen LogP contribution is 2.22. The van der Waals surface area contributed by atoms with Crippen LogP contribution in [0.25, 0.3) is 0 Å². The van der Waals surface area contributed by atoms with Crippen molar-refractivity contribution in [3.8, 4) is 0 Å². The van der Waals surface area contributed by atoms with Crippen LogP contribution >= 0.6 is 11.6 Å². The van der Waals surface area contributed by atoms with Gasteiger partial charge in [-0.15, -0.1) is 0 Å². The van der Waals surface area contributed by atoms with E-state index in [4.69, 9.17) is 17.3 Å². The summed E-state index contributed by atoms with van der Waals surface area (Å²) in [5, 5.41) is 0.583. The highest BCUT2D eigenvalue weighted by molar-refractivity contribution is 6.31. The minimum absolute atomic E-state index is 0.0516. The van der Waals surface area contributed by atoms with Crippen LogP contribution in [0.15, 0.2) is 41.2 Å². The lowest BCUT2D eigenvalue weighted by Crippen LogP contribution is -2.22. The fourth-order valence-corrected chi connectivity index (χ4v) is 1.97. The smallest absolute Gasteiger partial charge is 0.251 e. The number of nitrogens with zero attached hydrogens (tertiary/aromatic N) is 1. The maximum absolute atomic E-state index is 11.7. The predicted octanol–water partition coefficient (Wildman–Crippen LogP) is 2.44. The molecule has 3 nitrogen and oxygen atoms in total. The Morgan fingerprint density at radius 2 is 1.94 bits per heavy atom. The van der Waals surface area contributed by atoms with Gasteiger partial charge in [0.2, 0.25) is 0 Å². The molecule has 0 bridgehead atoms. The van der Waals surface area contributed by atoms with Crippen LogP contribution in [-0.4, -0.2) is 4.57 Å². The summed E-state index contributed by atoms with van der Waals surface area (Å²) < 4.78 is 1.65. The number of rotatable bonds is 2. The van der Waals surface area contributed by atoms with Crippen LogP contribution in [0.2, 0.25) is 5.02 Å². The molecule has 0 saturated carbocycles. The number of pyridine rings is 1. The van der Waals surface area contributed by atoms with E-state index in [1.54, 1.807) is 28.8 Å². The monoisotopic (exact) mass is 248 g/mol. The topological polar surface area (TPSA) is 48.0 Å². The van der Waals surface area contributed by atoms with E-state index in [9.17, 15) is 4.79 Å². The van der Waals surface area contributed by atoms with E-state index < -0.39 is 0 Å². The first-order valence-electron chi connectivity index (χ1n) is 5.29. The van der Waals surface area contributed by atoms with Crippen molar-refractivity contribution in [2.24, 2.45) is 0 Å². The molecular formula is C13H13ClN2O. The Morgan fingerprint density at radius 1 is 1.24 bits per heavy atom. The first-order chi connectivity index (χ1) is 8.09. The van der Waals surface area contributed by atoms with Gasteiger partial charge in [-0.2, -0.15) is 0 Å². The molecule has 0 aliphatic carbocycles. The molecule has 4 heteroatoms. The van der Waals surface area contributed by atoms with Gasteiger partial charge in [0, 0.05) is 28.0 Å². The van der Waals surface area contributed by atoms with Crippen molar-refractivity contribution in [3.63, 3.8) is 0 Å². The van der Waals surface area contributed by atoms with Crippen molar-refractivity contribution in [1.29, 1.82) is 0 Å². The minimum Gasteiger partial charge on any atom is -0.398 e. The zero-order chi connectivity index (χ0) is 12.4. The zero-order valence-electron chi connectivity index (χ0n) is 9.48. The maximum atomic E-state index is 11.7. The Labute approximate surface area is 104 Å². The number of nitrogen functional groups attached to an aromatic ring is 1. The number of aryl methyl sites for hydroxylation is 1. The molecule has 0 unspecified atom stereocenters. The van der Waals surface area contributed by atoms with Gasteiger partial charge in [-0.25, -0.2) is 0 Å². The number of anilines is 1. The fraction of sp³-hybridized carbons (Fsp3) is 0.154. The molecule has 0 saturated heterocycles. The third kappa shape index (κ3) is 2.34. The summed E-state index contributed by atoms with van der Waals surface area (Å²) in [7, 11) is 0. The molecule has 0 amide bonds. The lowest BCUT2D eigenvalue weighted by molar-refractivity contribution is 0.731. The molecule has 0 aliphatic rings. The average molecular weight is 249 g/mol. The Morgan fingerprint density at radius 3 is 2.59 bits per heavy atom. The second-order valence-corrected chi connectivity index (χ2v) is 4.31. The summed E-state index contributed by atoms with van der Waals surface area (Å²) >= 11 is 6.09. The second kappa shape index (κ2) is 4.63. The van der Waals surface area contributed by atoms with Gasteiger partial charge >= 0.3 is 0 Å². The van der Waals surface area contributed by atoms with Crippen molar-refractivity contribution in [3.05, 3.63) is 63.0 Å². The van der Waals surface area contributed by atoms with Gasteiger partial charge < -0.3 is 10.3 Å². The van der Waals surface area contributed by atoms with Crippen molar-refractivity contribution in [2.45, 2.75) is 13.5 Å². The van der Waals surface area contributed by atoms with Gasteiger partial charge in [-0.05, 0) is 25.1 Å². The summed E-state index contributed by atoms with van der Waals surface area (Å²) in [6.07, 6.45) is 0. The van der Waals surface area contributed by atoms with Gasteiger partial charge in [-0.1, -0.05) is 23.7 Å². The molecule has 1 heterocycles. The van der Waals surface area contributed by atoms with E-state index >= 15 is 0 Å². The van der Waals surface area contributed by atoms with Gasteiger partial charge in [0.1, 0.15) is 0 Å². The normalized spacial score (nSPS) is 10.5. The summed E-state index contributed by atoms with van der Waals surface area (Å²) in [6.45, 7) is 2.28. The largest absolute Gasteiger partial charge is 0.398 e. The summed E-state index contributed by atoms with van der Waals surface area (Å²) in [4.78, 5) is 11.7. The molecule has 1 aromatic carbocycles. The van der Waals surface area contributed by atoms with Crippen molar-refractivity contribution < 1.29 is 0 Å². The van der Waals surface area contributed by atoms with Gasteiger partial charge in [0.25, 0.3) is 5.56 Å². The standard InChI is InChI=1S/C13H13ClN2O/c1-9-4-2-7-13(17)16(9)8-10-11(14)5-3-6-12(10)15/h2-7H,8,15H2,1H3. The number of hydrogen-bond acceptors (Lipinski definition) is 2. The Kier molecular flexibility index (Phi) is 3.20. The maximum Gasteiger partial charge on any atom is 0.251 e. The van der Waals surface area contributed by atoms with E-state index in [0.717, 1.165) is 11.3 Å². The first kappa shape index (κ1) is 11.7. The molecular weight excluding hydrogens is 236 g/mol. The van der Waals surface area contributed by atoms with Gasteiger partial charge in [-0.3, -0.25) is 4.79 Å². The first-order valence-corrected chi connectivity index (χ1v) is 5.66. The van der Waals surface area contributed by atoms with E-state index in [1.165, 1.54) is 6.07 Å². The Balaban J connectivity index is 2.49. The molecule has 0 radical (unpaired) electrons. The van der Waals surface area contributed by atoms with Gasteiger partial charge in [0.05, 0.1) is 6.54 Å². The molecule has 0 spiro atoms. The molecule has 1 aromatic heterocycles. The molecule has 17 heavy (non-hydrogen) atoms. The number of hydrogen-bond donors (Lipinski definition) is 1. The molecule has 2 rings (SSSR count). The summed E-state index contributed by atoms with van der Waals surface area (Å²) in [5.41, 5.74) is 8.09. The lowest BCUT2D eigenvalue weighted by atomic mass is 10.1. The fourth-order valence-electron chi connectivity index (χ4n) is 1.73. The van der Waals surface area contributed by atoms with E-state index in [0.29, 0.717) is 17.3 Å². The third-order valence-electron chi connectivity index (χ3n) is 2.74. The Hall–Kier alpha value is -1.74. The van der Waals surface area contributed by atoms with Crippen LogP contribution in [0, 0.1) is 6.92 Å². The SMILES string of the molecule is Cc1cccc(=O)n1Cc1c(N)cccc1Cl. The number of nitrogens with two attached hydrogens (primary N) is 1. The van der Waals surface area contributed by atoms with E-state index in [2.05, 4.69) is 0 Å². The molecule has 88 valence electrons. The zero-order valence-corrected chi connectivity index (χ0v) is 10.2. The molecule has 2 N–H and O–H groups in total. The molecule has 0 aliphatic heterocycles. The minimum atomic E-state index is -0.0516. The van der Waals surface area contributed by atoms with Crippen LogP contribution in [-0.2, 0) is 6.54 Å². The number of benzene rings is 1. The van der Waals surface area contributed by atoms with Crippen LogP contribution in [0.1, 0.15) is 11.3 Å². The van der Waals surface area contributed by atoms with E-state index in [1.807, 2.05) is 13.0 Å². The highest BCUT2D eigenvalue weighted by atomic mass is 35.5. The molecule has 0 fully saturated rings. The highest BCUT2D eigenvalue weighted by Gasteiger charge is 2.07. The summed E-state index contributed by atoms with van der Waals surface area (Å²) in [6, 6.07) is 10.5. The summed E-state index contributed by atoms with van der Waals surface area (Å²) in [5.74, 6) is 0. The number of aromatic nitrogens is 1. The predicted molar refractivity (Wildman–Crippen MR) is 70.4 cm³/mol. The van der Waals surface area contributed by atoms with Crippen LogP contribution in [0.5, 0.6) is 0 Å². The molecule has 0 atom stereocenters. The van der Waals surface area contributed by atoms with Crippen LogP contribution in [0.4, 0.5) is 5.69 Å². The number of halogens is 1. The van der Waals surface area contributed by atoms with Crippen molar-refractivity contribution in [1.82, 2.24) is 4.57 Å². The quantitative estimate of drug-likeness (QED) is 0.830. The average Bonchev–Trinajstić information content (AvgIpc) is 2.27. The van der Waals surface area contributed by atoms with Crippen molar-refractivity contribution in [2.75, 3.05) is 5.73 Å². The second-order valence-electron chi connectivity index (χ2n) is 3.90. The van der Waals surface area contributed by atoms with Crippen molar-refractivity contribution >= 4 is 17.3 Å². The molecule has 2 aromatic rings. The Bertz CT molecular complexity index is 584. The van der Waals surface area contributed by atoms with E-state index in [-0.39, 0.29) is 5.56 Å².